The van der Waals surface area contributed by atoms with E-state index < -0.39 is 15.8 Å². The van der Waals surface area contributed by atoms with Crippen LogP contribution in [0, 0.1) is 12.7 Å². The number of benzene rings is 1. The lowest BCUT2D eigenvalue weighted by Crippen LogP contribution is -2.33. The molecule has 0 aliphatic carbocycles. The molecule has 7 nitrogen and oxygen atoms in total. The molecule has 29 heavy (non-hydrogen) atoms. The molecule has 0 unspecified atom stereocenters. The van der Waals surface area contributed by atoms with Crippen LogP contribution in [0.2, 0.25) is 0 Å². The number of aryl methyl sites for hydroxylation is 1. The summed E-state index contributed by atoms with van der Waals surface area (Å²) in [5.41, 5.74) is 3.31. The van der Waals surface area contributed by atoms with Crippen LogP contribution in [0.5, 0.6) is 0 Å². The van der Waals surface area contributed by atoms with E-state index in [1.54, 1.807) is 4.52 Å². The Morgan fingerprint density at radius 3 is 2.66 bits per heavy atom. The van der Waals surface area contributed by atoms with E-state index in [1.807, 2.05) is 38.2 Å². The molecule has 0 bridgehead atoms. The van der Waals surface area contributed by atoms with Gasteiger partial charge >= 0.3 is 0 Å². The topological polar surface area (TPSA) is 70.8 Å². The average Bonchev–Trinajstić information content (AvgIpc) is 3.28. The molecule has 1 aliphatic rings. The summed E-state index contributed by atoms with van der Waals surface area (Å²) < 4.78 is 43.3. The zero-order valence-electron chi connectivity index (χ0n) is 16.7. The van der Waals surface area contributed by atoms with Crippen LogP contribution in [0.3, 0.4) is 0 Å². The van der Waals surface area contributed by atoms with Crippen molar-refractivity contribution >= 4 is 15.7 Å². The van der Waals surface area contributed by atoms with Gasteiger partial charge in [0.25, 0.3) is 0 Å². The van der Waals surface area contributed by atoms with Gasteiger partial charge in [0.1, 0.15) is 5.82 Å². The smallest absolute Gasteiger partial charge is 0.243 e. The maximum Gasteiger partial charge on any atom is 0.243 e. The SMILES string of the molecule is Cc1cc2ncc(CN(C)C)c([C@H]3CCCN3S(=O)(=O)c3ccc(F)cc3)n2n1. The van der Waals surface area contributed by atoms with Crippen molar-refractivity contribution < 1.29 is 12.8 Å². The number of fused-ring (bicyclic) bond motifs is 1. The lowest BCUT2D eigenvalue weighted by atomic mass is 10.1. The Labute approximate surface area is 169 Å². The van der Waals surface area contributed by atoms with Crippen LogP contribution < -0.4 is 0 Å². The number of halogens is 1. The fourth-order valence-electron chi connectivity index (χ4n) is 3.96. The van der Waals surface area contributed by atoms with Crippen molar-refractivity contribution in [1.29, 1.82) is 0 Å². The molecule has 3 aromatic rings. The zero-order chi connectivity index (χ0) is 20.8. The fourth-order valence-corrected chi connectivity index (χ4v) is 5.62. The Morgan fingerprint density at radius 1 is 1.24 bits per heavy atom. The summed E-state index contributed by atoms with van der Waals surface area (Å²) in [6.07, 6.45) is 3.25. The van der Waals surface area contributed by atoms with Crippen LogP contribution in [0.1, 0.15) is 35.8 Å². The van der Waals surface area contributed by atoms with E-state index in [0.29, 0.717) is 25.2 Å². The minimum Gasteiger partial charge on any atom is -0.305 e. The number of hydrogen-bond donors (Lipinski definition) is 0. The first-order valence-electron chi connectivity index (χ1n) is 9.53. The summed E-state index contributed by atoms with van der Waals surface area (Å²) in [5, 5.41) is 4.59. The van der Waals surface area contributed by atoms with Crippen LogP contribution in [0.15, 0.2) is 41.4 Å². The van der Waals surface area contributed by atoms with Crippen LogP contribution in [0.4, 0.5) is 4.39 Å². The number of aromatic nitrogens is 3. The molecular weight excluding hydrogens is 393 g/mol. The molecule has 1 aromatic carbocycles. The Kier molecular flexibility index (Phi) is 5.14. The highest BCUT2D eigenvalue weighted by Gasteiger charge is 2.39. The lowest BCUT2D eigenvalue weighted by Gasteiger charge is -2.27. The van der Waals surface area contributed by atoms with Crippen molar-refractivity contribution in [3.63, 3.8) is 0 Å². The second-order valence-corrected chi connectivity index (χ2v) is 9.58. The van der Waals surface area contributed by atoms with Crippen molar-refractivity contribution in [3.8, 4) is 0 Å². The molecule has 1 saturated heterocycles. The maximum atomic E-state index is 13.4. The molecule has 3 heterocycles. The molecule has 2 aromatic heterocycles. The molecule has 1 atom stereocenters. The Hall–Kier alpha value is -2.36. The molecule has 0 N–H and O–H groups in total. The van der Waals surface area contributed by atoms with E-state index in [-0.39, 0.29) is 10.9 Å². The molecule has 0 spiro atoms. The van der Waals surface area contributed by atoms with E-state index >= 15 is 0 Å². The summed E-state index contributed by atoms with van der Waals surface area (Å²) in [5.74, 6) is -0.460. The van der Waals surface area contributed by atoms with E-state index in [2.05, 4.69) is 10.1 Å². The van der Waals surface area contributed by atoms with Crippen molar-refractivity contribution in [3.05, 3.63) is 59.3 Å². The summed E-state index contributed by atoms with van der Waals surface area (Å²) in [4.78, 5) is 6.63. The van der Waals surface area contributed by atoms with E-state index in [1.165, 1.54) is 28.6 Å². The molecule has 0 radical (unpaired) electrons. The highest BCUT2D eigenvalue weighted by atomic mass is 32.2. The molecule has 9 heteroatoms. The van der Waals surface area contributed by atoms with Crippen LogP contribution in [-0.2, 0) is 16.6 Å². The second-order valence-electron chi connectivity index (χ2n) is 7.69. The van der Waals surface area contributed by atoms with Gasteiger partial charge in [0, 0.05) is 30.9 Å². The van der Waals surface area contributed by atoms with Crippen molar-refractivity contribution in [1.82, 2.24) is 23.8 Å². The van der Waals surface area contributed by atoms with Crippen molar-refractivity contribution in [2.45, 2.75) is 37.2 Å². The summed E-state index contributed by atoms with van der Waals surface area (Å²) >= 11 is 0. The Bertz CT molecular complexity index is 1140. The van der Waals surface area contributed by atoms with Gasteiger partial charge in [-0.1, -0.05) is 0 Å². The molecule has 0 amide bonds. The first-order valence-corrected chi connectivity index (χ1v) is 11.0. The molecule has 4 rings (SSSR count). The van der Waals surface area contributed by atoms with Gasteiger partial charge in [0.15, 0.2) is 5.65 Å². The predicted molar refractivity (Wildman–Crippen MR) is 107 cm³/mol. The number of sulfonamides is 1. The summed E-state index contributed by atoms with van der Waals surface area (Å²) in [6, 6.07) is 6.52. The largest absolute Gasteiger partial charge is 0.305 e. The molecule has 0 saturated carbocycles. The highest BCUT2D eigenvalue weighted by molar-refractivity contribution is 7.89. The van der Waals surface area contributed by atoms with Gasteiger partial charge in [0.2, 0.25) is 10.0 Å². The minimum absolute atomic E-state index is 0.0990. The molecule has 1 fully saturated rings. The second kappa shape index (κ2) is 7.47. The third-order valence-corrected chi connectivity index (χ3v) is 7.07. The first-order chi connectivity index (χ1) is 13.8. The van der Waals surface area contributed by atoms with E-state index in [0.717, 1.165) is 23.4 Å². The van der Waals surface area contributed by atoms with Crippen molar-refractivity contribution in [2.24, 2.45) is 0 Å². The predicted octanol–water partition coefficient (Wildman–Crippen LogP) is 2.76. The number of hydrogen-bond acceptors (Lipinski definition) is 5. The zero-order valence-corrected chi connectivity index (χ0v) is 17.5. The van der Waals surface area contributed by atoms with Gasteiger partial charge in [-0.2, -0.15) is 9.40 Å². The standard InChI is InChI=1S/C20H24FN5O2S/c1-14-11-19-22-12-15(13-24(2)3)20(26(19)23-14)18-5-4-10-25(18)29(27,28)17-8-6-16(21)7-9-17/h6-9,11-12,18H,4-5,10,13H2,1-3H3/t18-/m1/s1. The summed E-state index contributed by atoms with van der Waals surface area (Å²) in [6.45, 7) is 2.93. The van der Waals surface area contributed by atoms with Gasteiger partial charge in [0.05, 0.1) is 22.3 Å². The van der Waals surface area contributed by atoms with Gasteiger partial charge in [-0.05, 0) is 58.1 Å². The fraction of sp³-hybridized carbons (Fsp3) is 0.400. The van der Waals surface area contributed by atoms with Crippen LogP contribution in [-0.4, -0.2) is 52.9 Å². The minimum atomic E-state index is -3.77. The third-order valence-electron chi connectivity index (χ3n) is 5.15. The Morgan fingerprint density at radius 2 is 1.97 bits per heavy atom. The average molecular weight is 418 g/mol. The normalized spacial score (nSPS) is 18.2. The van der Waals surface area contributed by atoms with Gasteiger partial charge in [-0.15, -0.1) is 0 Å². The Balaban J connectivity index is 1.84. The molecular formula is C20H24FN5O2S. The van der Waals surface area contributed by atoms with Crippen LogP contribution >= 0.6 is 0 Å². The first kappa shape index (κ1) is 19.9. The van der Waals surface area contributed by atoms with Gasteiger partial charge in [-0.25, -0.2) is 22.3 Å². The highest BCUT2D eigenvalue weighted by Crippen LogP contribution is 2.38. The quantitative estimate of drug-likeness (QED) is 0.638. The summed E-state index contributed by atoms with van der Waals surface area (Å²) in [7, 11) is 0.156. The maximum absolute atomic E-state index is 13.4. The van der Waals surface area contributed by atoms with Gasteiger partial charge < -0.3 is 4.90 Å². The molecule has 154 valence electrons. The molecule has 1 aliphatic heterocycles. The number of nitrogens with zero attached hydrogens (tertiary/aromatic N) is 5. The van der Waals surface area contributed by atoms with E-state index in [9.17, 15) is 12.8 Å². The third kappa shape index (κ3) is 3.65. The van der Waals surface area contributed by atoms with Crippen LogP contribution in [0.25, 0.3) is 5.65 Å². The monoisotopic (exact) mass is 417 g/mol. The van der Waals surface area contributed by atoms with E-state index in [4.69, 9.17) is 0 Å². The van der Waals surface area contributed by atoms with Crippen molar-refractivity contribution in [2.75, 3.05) is 20.6 Å². The number of rotatable bonds is 5. The lowest BCUT2D eigenvalue weighted by molar-refractivity contribution is 0.366. The van der Waals surface area contributed by atoms with Gasteiger partial charge in [-0.3, -0.25) is 0 Å².